The number of hydrogen-bond acceptors (Lipinski definition) is 5. The second-order valence-electron chi connectivity index (χ2n) is 7.63. The number of nitrogens with zero attached hydrogens (tertiary/aromatic N) is 3. The van der Waals surface area contributed by atoms with E-state index in [0.29, 0.717) is 24.7 Å². The van der Waals surface area contributed by atoms with Crippen LogP contribution in [0.5, 0.6) is 0 Å². The summed E-state index contributed by atoms with van der Waals surface area (Å²) in [5.74, 6) is 0.293. The van der Waals surface area contributed by atoms with E-state index in [4.69, 9.17) is 4.74 Å². The zero-order chi connectivity index (χ0) is 20.5. The molecule has 1 N–H and O–H groups in total. The molecule has 1 amide bonds. The van der Waals surface area contributed by atoms with E-state index < -0.39 is 17.3 Å². The van der Waals surface area contributed by atoms with Crippen LogP contribution in [0.1, 0.15) is 31.2 Å². The van der Waals surface area contributed by atoms with Crippen LogP contribution in [0.4, 0.5) is 29.3 Å². The van der Waals surface area contributed by atoms with Crippen LogP contribution in [0.3, 0.4) is 0 Å². The number of nitrogens with one attached hydrogen (secondary N) is 1. The molecule has 154 valence electrons. The van der Waals surface area contributed by atoms with Crippen LogP contribution in [-0.2, 0) is 10.9 Å². The van der Waals surface area contributed by atoms with Crippen LogP contribution in [0.15, 0.2) is 43.0 Å². The Hall–Kier alpha value is -2.84. The molecule has 0 bridgehead atoms. The molecule has 9 heteroatoms. The van der Waals surface area contributed by atoms with Gasteiger partial charge in [0.1, 0.15) is 5.60 Å². The van der Waals surface area contributed by atoms with Gasteiger partial charge < -0.3 is 10.1 Å². The summed E-state index contributed by atoms with van der Waals surface area (Å²) >= 11 is 0. The third-order valence-electron chi connectivity index (χ3n) is 5.60. The Kier molecular flexibility index (Phi) is 5.06. The van der Waals surface area contributed by atoms with E-state index in [0.717, 1.165) is 43.6 Å². The highest BCUT2D eigenvalue weighted by molar-refractivity contribution is 5.90. The van der Waals surface area contributed by atoms with E-state index in [1.54, 1.807) is 23.4 Å². The number of hydrogen-bond donors (Lipinski definition) is 1. The molecule has 0 radical (unpaired) electrons. The summed E-state index contributed by atoms with van der Waals surface area (Å²) in [6.07, 6.45) is 3.84. The van der Waals surface area contributed by atoms with Crippen LogP contribution in [-0.4, -0.2) is 34.8 Å². The van der Waals surface area contributed by atoms with Crippen molar-refractivity contribution in [3.63, 3.8) is 0 Å². The van der Waals surface area contributed by atoms with Crippen molar-refractivity contribution in [2.24, 2.45) is 5.92 Å². The first-order valence-electron chi connectivity index (χ1n) is 9.51. The number of aromatic nitrogens is 2. The lowest BCUT2D eigenvalue weighted by Crippen LogP contribution is -2.39. The lowest BCUT2D eigenvalue weighted by molar-refractivity contribution is -0.137. The minimum Gasteiger partial charge on any atom is -0.441 e. The number of anilines is 2. The Labute approximate surface area is 166 Å². The van der Waals surface area contributed by atoms with Gasteiger partial charge in [-0.05, 0) is 49.8 Å². The average Bonchev–Trinajstić information content (AvgIpc) is 3.04. The molecule has 2 fully saturated rings. The monoisotopic (exact) mass is 406 g/mol. The molecular weight excluding hydrogens is 385 g/mol. The van der Waals surface area contributed by atoms with Gasteiger partial charge in [-0.2, -0.15) is 13.2 Å². The molecule has 0 atom stereocenters. The third-order valence-corrected chi connectivity index (χ3v) is 5.60. The van der Waals surface area contributed by atoms with E-state index >= 15 is 0 Å². The number of carbonyl (C=O) groups excluding carboxylic acids is 1. The lowest BCUT2D eigenvalue weighted by Gasteiger charge is -2.35. The molecule has 2 aromatic rings. The molecule has 6 nitrogen and oxygen atoms in total. The third kappa shape index (κ3) is 4.28. The molecule has 2 aromatic heterocycles. The van der Waals surface area contributed by atoms with Crippen molar-refractivity contribution in [1.29, 1.82) is 0 Å². The standard InChI is InChI=1S/C20H21F3N4O2/c21-20(22,23)15-8-16(11-25-10-15)26-9-14-3-5-19(6-4-14)13-27(18(28)29-19)17-2-1-7-24-12-17/h1-2,7-8,10-12,14,26H,3-6,9,13H2. The second-order valence-corrected chi connectivity index (χ2v) is 7.63. The Morgan fingerprint density at radius 3 is 2.69 bits per heavy atom. The van der Waals surface area contributed by atoms with Gasteiger partial charge in [0, 0.05) is 25.1 Å². The van der Waals surface area contributed by atoms with E-state index in [1.165, 1.54) is 6.20 Å². The van der Waals surface area contributed by atoms with Gasteiger partial charge in [0.25, 0.3) is 0 Å². The van der Waals surface area contributed by atoms with Crippen LogP contribution < -0.4 is 10.2 Å². The number of halogens is 3. The average molecular weight is 406 g/mol. The summed E-state index contributed by atoms with van der Waals surface area (Å²) in [5, 5.41) is 3.06. The van der Waals surface area contributed by atoms with Gasteiger partial charge in [0.05, 0.1) is 29.7 Å². The number of carbonyl (C=O) groups is 1. The SMILES string of the molecule is O=C1OC2(CCC(CNc3cncc(C(F)(F)F)c3)CC2)CN1c1cccnc1. The van der Waals surface area contributed by atoms with Crippen LogP contribution in [0.2, 0.25) is 0 Å². The number of rotatable bonds is 4. The number of ether oxygens (including phenoxy) is 1. The summed E-state index contributed by atoms with van der Waals surface area (Å²) in [6, 6.07) is 4.67. The van der Waals surface area contributed by atoms with E-state index in [1.807, 2.05) is 6.07 Å². The molecule has 2 aliphatic rings. The molecule has 1 saturated carbocycles. The highest BCUT2D eigenvalue weighted by atomic mass is 19.4. The summed E-state index contributed by atoms with van der Waals surface area (Å²) < 4.78 is 44.1. The zero-order valence-corrected chi connectivity index (χ0v) is 15.7. The van der Waals surface area contributed by atoms with Gasteiger partial charge in [-0.25, -0.2) is 4.79 Å². The normalized spacial score (nSPS) is 24.6. The van der Waals surface area contributed by atoms with Gasteiger partial charge in [-0.3, -0.25) is 14.9 Å². The summed E-state index contributed by atoms with van der Waals surface area (Å²) in [4.78, 5) is 21.6. The maximum atomic E-state index is 12.8. The van der Waals surface area contributed by atoms with Crippen molar-refractivity contribution in [3.8, 4) is 0 Å². The Morgan fingerprint density at radius 1 is 1.21 bits per heavy atom. The van der Waals surface area contributed by atoms with E-state index in [2.05, 4.69) is 15.3 Å². The molecule has 0 unspecified atom stereocenters. The lowest BCUT2D eigenvalue weighted by atomic mass is 9.78. The molecular formula is C20H21F3N4O2. The van der Waals surface area contributed by atoms with Crippen LogP contribution >= 0.6 is 0 Å². The summed E-state index contributed by atoms with van der Waals surface area (Å²) in [5.41, 5.74) is -0.190. The molecule has 1 saturated heterocycles. The zero-order valence-electron chi connectivity index (χ0n) is 15.7. The van der Waals surface area contributed by atoms with Gasteiger partial charge in [-0.15, -0.1) is 0 Å². The number of amides is 1. The topological polar surface area (TPSA) is 67.3 Å². The van der Waals surface area contributed by atoms with Crippen molar-refractivity contribution in [2.45, 2.75) is 37.5 Å². The maximum Gasteiger partial charge on any atom is 0.417 e. The molecule has 1 spiro atoms. The summed E-state index contributed by atoms with van der Waals surface area (Å²) in [7, 11) is 0. The molecule has 1 aliphatic carbocycles. The van der Waals surface area contributed by atoms with Crippen molar-refractivity contribution >= 4 is 17.5 Å². The predicted molar refractivity (Wildman–Crippen MR) is 100 cm³/mol. The largest absolute Gasteiger partial charge is 0.441 e. The first kappa shape index (κ1) is 19.5. The fourth-order valence-corrected chi connectivity index (χ4v) is 3.96. The van der Waals surface area contributed by atoms with Crippen LogP contribution in [0, 0.1) is 5.92 Å². The van der Waals surface area contributed by atoms with Crippen molar-refractivity contribution in [1.82, 2.24) is 9.97 Å². The smallest absolute Gasteiger partial charge is 0.417 e. The second kappa shape index (κ2) is 7.53. The van der Waals surface area contributed by atoms with E-state index in [9.17, 15) is 18.0 Å². The van der Waals surface area contributed by atoms with Gasteiger partial charge in [-0.1, -0.05) is 0 Å². The Balaban J connectivity index is 1.32. The van der Waals surface area contributed by atoms with Crippen LogP contribution in [0.25, 0.3) is 0 Å². The predicted octanol–water partition coefficient (Wildman–Crippen LogP) is 4.49. The Bertz CT molecular complexity index is 868. The number of alkyl halides is 3. The summed E-state index contributed by atoms with van der Waals surface area (Å²) in [6.45, 7) is 1.05. The van der Waals surface area contributed by atoms with Gasteiger partial charge in [0.15, 0.2) is 0 Å². The minimum absolute atomic E-state index is 0.293. The first-order chi connectivity index (χ1) is 13.8. The quantitative estimate of drug-likeness (QED) is 0.810. The number of pyridine rings is 2. The highest BCUT2D eigenvalue weighted by Crippen LogP contribution is 2.40. The van der Waals surface area contributed by atoms with Crippen molar-refractivity contribution < 1.29 is 22.7 Å². The molecule has 4 rings (SSSR count). The first-order valence-corrected chi connectivity index (χ1v) is 9.51. The van der Waals surface area contributed by atoms with E-state index in [-0.39, 0.29) is 6.09 Å². The van der Waals surface area contributed by atoms with Crippen molar-refractivity contribution in [3.05, 3.63) is 48.5 Å². The fourth-order valence-electron chi connectivity index (χ4n) is 3.96. The highest BCUT2D eigenvalue weighted by Gasteiger charge is 2.47. The Morgan fingerprint density at radius 2 is 2.00 bits per heavy atom. The molecule has 1 aliphatic heterocycles. The molecule has 3 heterocycles. The van der Waals surface area contributed by atoms with Gasteiger partial charge in [0.2, 0.25) is 0 Å². The molecule has 29 heavy (non-hydrogen) atoms. The minimum atomic E-state index is -4.41. The van der Waals surface area contributed by atoms with Crippen molar-refractivity contribution in [2.75, 3.05) is 23.3 Å². The maximum absolute atomic E-state index is 12.8. The molecule has 0 aromatic carbocycles. The van der Waals surface area contributed by atoms with Gasteiger partial charge >= 0.3 is 12.3 Å². The fraction of sp³-hybridized carbons (Fsp3) is 0.450.